The molecular formula is C20H26ClN2O3+. The Morgan fingerprint density at radius 1 is 1.12 bits per heavy atom. The zero-order chi connectivity index (χ0) is 19.1. The van der Waals surface area contributed by atoms with E-state index in [0.717, 1.165) is 46.2 Å². The van der Waals surface area contributed by atoms with E-state index in [1.165, 1.54) is 0 Å². The molecule has 0 aliphatic heterocycles. The van der Waals surface area contributed by atoms with E-state index < -0.39 is 0 Å². The van der Waals surface area contributed by atoms with E-state index in [4.69, 9.17) is 21.1 Å². The van der Waals surface area contributed by atoms with Gasteiger partial charge in [0.2, 0.25) is 0 Å². The summed E-state index contributed by atoms with van der Waals surface area (Å²) in [5.41, 5.74) is 2.90. The molecule has 5 nitrogen and oxygen atoms in total. The standard InChI is InChI=1S/C20H25ClN2O3/c1-14-11-16(21)6-7-17(14)22-20(24)13-23(2)10-9-15-5-8-18(25-3)19(12-15)26-4/h5-8,11-12H,9-10,13H2,1-4H3,(H,22,24)/p+1. The van der Waals surface area contributed by atoms with Gasteiger partial charge < -0.3 is 19.7 Å². The van der Waals surface area contributed by atoms with E-state index in [-0.39, 0.29) is 5.91 Å². The van der Waals surface area contributed by atoms with E-state index in [9.17, 15) is 4.79 Å². The lowest BCUT2D eigenvalue weighted by atomic mass is 10.1. The monoisotopic (exact) mass is 377 g/mol. The van der Waals surface area contributed by atoms with Crippen LogP contribution < -0.4 is 19.7 Å². The van der Waals surface area contributed by atoms with Crippen molar-refractivity contribution < 1.29 is 19.2 Å². The summed E-state index contributed by atoms with van der Waals surface area (Å²) in [7, 11) is 5.26. The largest absolute Gasteiger partial charge is 0.493 e. The van der Waals surface area contributed by atoms with E-state index in [1.54, 1.807) is 20.3 Å². The van der Waals surface area contributed by atoms with Gasteiger partial charge in [-0.3, -0.25) is 4.79 Å². The maximum Gasteiger partial charge on any atom is 0.279 e. The van der Waals surface area contributed by atoms with Gasteiger partial charge in [0.25, 0.3) is 5.91 Å². The summed E-state index contributed by atoms with van der Waals surface area (Å²) >= 11 is 5.94. The zero-order valence-corrected chi connectivity index (χ0v) is 16.4. The van der Waals surface area contributed by atoms with Crippen LogP contribution in [0, 0.1) is 6.92 Å². The predicted molar refractivity (Wildman–Crippen MR) is 105 cm³/mol. The van der Waals surface area contributed by atoms with Gasteiger partial charge in [0.05, 0.1) is 27.8 Å². The molecule has 26 heavy (non-hydrogen) atoms. The molecular weight excluding hydrogens is 352 g/mol. The van der Waals surface area contributed by atoms with E-state index in [1.807, 2.05) is 44.3 Å². The molecule has 2 N–H and O–H groups in total. The highest BCUT2D eigenvalue weighted by Crippen LogP contribution is 2.27. The quantitative estimate of drug-likeness (QED) is 0.742. The van der Waals surface area contributed by atoms with Crippen LogP contribution in [0.3, 0.4) is 0 Å². The van der Waals surface area contributed by atoms with Crippen molar-refractivity contribution >= 4 is 23.2 Å². The molecule has 2 rings (SSSR count). The van der Waals surface area contributed by atoms with Crippen molar-refractivity contribution in [3.05, 3.63) is 52.5 Å². The number of amides is 1. The Labute approximate surface area is 159 Å². The first-order valence-electron chi connectivity index (χ1n) is 8.51. The Morgan fingerprint density at radius 3 is 2.50 bits per heavy atom. The maximum atomic E-state index is 12.3. The van der Waals surface area contributed by atoms with Gasteiger partial charge in [-0.05, 0) is 48.4 Å². The molecule has 0 fully saturated rings. The molecule has 2 aromatic carbocycles. The minimum atomic E-state index is -0.0137. The average Bonchev–Trinajstić information content (AvgIpc) is 2.62. The molecule has 0 saturated carbocycles. The highest BCUT2D eigenvalue weighted by Gasteiger charge is 2.12. The number of halogens is 1. The first kappa shape index (κ1) is 20.1. The number of carbonyl (C=O) groups excluding carboxylic acids is 1. The van der Waals surface area contributed by atoms with E-state index in [0.29, 0.717) is 11.6 Å². The molecule has 0 saturated heterocycles. The minimum absolute atomic E-state index is 0.0137. The van der Waals surface area contributed by atoms with Crippen LogP contribution in [-0.4, -0.2) is 40.3 Å². The van der Waals surface area contributed by atoms with E-state index in [2.05, 4.69) is 5.32 Å². The molecule has 0 aromatic heterocycles. The SMILES string of the molecule is COc1ccc(CC[NH+](C)CC(=O)Nc2ccc(Cl)cc2C)cc1OC. The fraction of sp³-hybridized carbons (Fsp3) is 0.350. The smallest absolute Gasteiger partial charge is 0.279 e. The number of nitrogens with one attached hydrogen (secondary N) is 2. The van der Waals surface area contributed by atoms with Crippen LogP contribution >= 0.6 is 11.6 Å². The summed E-state index contributed by atoms with van der Waals surface area (Å²) in [5, 5.41) is 3.61. The summed E-state index contributed by atoms with van der Waals surface area (Å²) in [5.74, 6) is 1.42. The molecule has 140 valence electrons. The zero-order valence-electron chi connectivity index (χ0n) is 15.7. The normalized spacial score (nSPS) is 11.7. The molecule has 1 unspecified atom stereocenters. The van der Waals surface area contributed by atoms with Crippen LogP contribution in [0.25, 0.3) is 0 Å². The Hall–Kier alpha value is -2.24. The van der Waals surface area contributed by atoms with Gasteiger partial charge in [0.1, 0.15) is 0 Å². The van der Waals surface area contributed by atoms with Crippen LogP contribution in [0.5, 0.6) is 11.5 Å². The number of hydrogen-bond acceptors (Lipinski definition) is 3. The number of methoxy groups -OCH3 is 2. The first-order valence-corrected chi connectivity index (χ1v) is 8.89. The lowest BCUT2D eigenvalue weighted by Crippen LogP contribution is -3.10. The fourth-order valence-electron chi connectivity index (χ4n) is 2.72. The number of hydrogen-bond donors (Lipinski definition) is 2. The maximum absolute atomic E-state index is 12.3. The van der Waals surface area contributed by atoms with Crippen LogP contribution in [0.2, 0.25) is 5.02 Å². The molecule has 2 aromatic rings. The lowest BCUT2D eigenvalue weighted by Gasteiger charge is -2.15. The molecule has 0 bridgehead atoms. The number of carbonyl (C=O) groups is 1. The van der Waals surface area contributed by atoms with Crippen molar-refractivity contribution in [2.24, 2.45) is 0 Å². The molecule has 0 aliphatic rings. The van der Waals surface area contributed by atoms with Gasteiger partial charge >= 0.3 is 0 Å². The third-order valence-electron chi connectivity index (χ3n) is 4.21. The van der Waals surface area contributed by atoms with Gasteiger partial charge in [-0.1, -0.05) is 17.7 Å². The first-order chi connectivity index (χ1) is 12.4. The number of anilines is 1. The molecule has 0 radical (unpaired) electrons. The summed E-state index contributed by atoms with van der Waals surface area (Å²) in [6.45, 7) is 3.16. The number of benzene rings is 2. The second-order valence-corrected chi connectivity index (χ2v) is 6.77. The van der Waals surface area contributed by atoms with Gasteiger partial charge in [-0.2, -0.15) is 0 Å². The second-order valence-electron chi connectivity index (χ2n) is 6.33. The lowest BCUT2D eigenvalue weighted by molar-refractivity contribution is -0.870. The average molecular weight is 378 g/mol. The van der Waals surface area contributed by atoms with Crippen LogP contribution in [0.1, 0.15) is 11.1 Å². The topological polar surface area (TPSA) is 52.0 Å². The highest BCUT2D eigenvalue weighted by atomic mass is 35.5. The molecule has 0 spiro atoms. The summed E-state index contributed by atoms with van der Waals surface area (Å²) in [6, 6.07) is 11.3. The van der Waals surface area contributed by atoms with Crippen molar-refractivity contribution in [3.8, 4) is 11.5 Å². The number of ether oxygens (including phenoxy) is 2. The number of quaternary nitrogens is 1. The molecule has 6 heteroatoms. The van der Waals surface area contributed by atoms with Crippen LogP contribution in [-0.2, 0) is 11.2 Å². The molecule has 0 aliphatic carbocycles. The van der Waals surface area contributed by atoms with Crippen molar-refractivity contribution in [2.45, 2.75) is 13.3 Å². The highest BCUT2D eigenvalue weighted by molar-refractivity contribution is 6.30. The summed E-state index contributed by atoms with van der Waals surface area (Å²) < 4.78 is 10.6. The number of aryl methyl sites for hydroxylation is 1. The Balaban J connectivity index is 1.86. The minimum Gasteiger partial charge on any atom is -0.493 e. The van der Waals surface area contributed by atoms with Gasteiger partial charge in [0.15, 0.2) is 18.0 Å². The number of rotatable bonds is 8. The Kier molecular flexibility index (Phi) is 7.30. The van der Waals surface area contributed by atoms with Crippen molar-refractivity contribution in [2.75, 3.05) is 39.7 Å². The van der Waals surface area contributed by atoms with Gasteiger partial charge in [0, 0.05) is 17.1 Å². The van der Waals surface area contributed by atoms with Crippen molar-refractivity contribution in [1.82, 2.24) is 0 Å². The van der Waals surface area contributed by atoms with Crippen molar-refractivity contribution in [3.63, 3.8) is 0 Å². The van der Waals surface area contributed by atoms with Crippen LogP contribution in [0.15, 0.2) is 36.4 Å². The predicted octanol–water partition coefficient (Wildman–Crippen LogP) is 2.36. The Bertz CT molecular complexity index is 765. The Morgan fingerprint density at radius 2 is 1.85 bits per heavy atom. The van der Waals surface area contributed by atoms with Gasteiger partial charge in [-0.25, -0.2) is 0 Å². The van der Waals surface area contributed by atoms with Crippen LogP contribution in [0.4, 0.5) is 5.69 Å². The molecule has 1 amide bonds. The number of likely N-dealkylation sites (N-methyl/N-ethyl adjacent to an activating group) is 1. The molecule has 0 heterocycles. The molecule has 1 atom stereocenters. The van der Waals surface area contributed by atoms with E-state index >= 15 is 0 Å². The van der Waals surface area contributed by atoms with Crippen molar-refractivity contribution in [1.29, 1.82) is 0 Å². The third-order valence-corrected chi connectivity index (χ3v) is 4.45. The second kappa shape index (κ2) is 9.46. The third kappa shape index (κ3) is 5.64. The fourth-order valence-corrected chi connectivity index (χ4v) is 2.94. The summed E-state index contributed by atoms with van der Waals surface area (Å²) in [6.07, 6.45) is 0.847. The summed E-state index contributed by atoms with van der Waals surface area (Å²) in [4.78, 5) is 13.4. The van der Waals surface area contributed by atoms with Gasteiger partial charge in [-0.15, -0.1) is 0 Å².